The molecule has 1 heterocycles. The number of benzene rings is 2. The van der Waals surface area contributed by atoms with Gasteiger partial charge in [-0.15, -0.1) is 0 Å². The highest BCUT2D eigenvalue weighted by Gasteiger charge is 2.33. The van der Waals surface area contributed by atoms with Gasteiger partial charge in [-0.2, -0.15) is 0 Å². The van der Waals surface area contributed by atoms with E-state index in [1.807, 2.05) is 31.2 Å². The molecule has 2 aromatic carbocycles. The van der Waals surface area contributed by atoms with E-state index in [4.69, 9.17) is 9.47 Å². The van der Waals surface area contributed by atoms with Crippen LogP contribution in [0.5, 0.6) is 11.6 Å². The summed E-state index contributed by atoms with van der Waals surface area (Å²) < 4.78 is 26.5. The summed E-state index contributed by atoms with van der Waals surface area (Å²) in [6, 6.07) is 12.5. The quantitative estimate of drug-likeness (QED) is 0.370. The summed E-state index contributed by atoms with van der Waals surface area (Å²) in [4.78, 5) is 20.4. The van der Waals surface area contributed by atoms with Crippen LogP contribution >= 0.6 is 0 Å². The van der Waals surface area contributed by atoms with Gasteiger partial charge in [-0.05, 0) is 80.2 Å². The van der Waals surface area contributed by atoms with Crippen LogP contribution in [-0.4, -0.2) is 27.7 Å². The van der Waals surface area contributed by atoms with Crippen molar-refractivity contribution < 1.29 is 23.8 Å². The maximum Gasteiger partial charge on any atom is 0.303 e. The predicted octanol–water partition coefficient (Wildman–Crippen LogP) is 5.93. The van der Waals surface area contributed by atoms with E-state index in [-0.39, 0.29) is 24.8 Å². The van der Waals surface area contributed by atoms with Gasteiger partial charge in [0.2, 0.25) is 5.88 Å². The number of hydrogen-bond donors (Lipinski definition) is 1. The average Bonchev–Trinajstić information content (AvgIpc) is 3.76. The van der Waals surface area contributed by atoms with Crippen LogP contribution in [0.25, 0.3) is 11.3 Å². The molecular formula is C28H29FN2O4. The first kappa shape index (κ1) is 23.3. The van der Waals surface area contributed by atoms with Crippen molar-refractivity contribution in [1.29, 1.82) is 0 Å². The van der Waals surface area contributed by atoms with E-state index < -0.39 is 5.97 Å². The molecule has 0 bridgehead atoms. The minimum atomic E-state index is -0.785. The predicted molar refractivity (Wildman–Crippen MR) is 129 cm³/mol. The highest BCUT2D eigenvalue weighted by molar-refractivity contribution is 5.68. The second-order valence-electron chi connectivity index (χ2n) is 9.66. The van der Waals surface area contributed by atoms with Crippen molar-refractivity contribution in [2.75, 3.05) is 6.61 Å². The summed E-state index contributed by atoms with van der Waals surface area (Å²) in [6.07, 6.45) is 6.10. The Balaban J connectivity index is 1.34. The molecule has 2 aliphatic carbocycles. The zero-order chi connectivity index (χ0) is 24.4. The number of halogens is 1. The second kappa shape index (κ2) is 10.0. The molecule has 1 aromatic heterocycles. The summed E-state index contributed by atoms with van der Waals surface area (Å²) in [5.74, 6) is 0.747. The van der Waals surface area contributed by atoms with E-state index in [0.717, 1.165) is 36.8 Å². The topological polar surface area (TPSA) is 81.5 Å². The molecular weight excluding hydrogens is 447 g/mol. The monoisotopic (exact) mass is 476 g/mol. The molecule has 2 fully saturated rings. The zero-order valence-corrected chi connectivity index (χ0v) is 19.7. The van der Waals surface area contributed by atoms with Gasteiger partial charge in [0, 0.05) is 5.56 Å². The molecule has 0 amide bonds. The number of aliphatic carboxylic acids is 1. The van der Waals surface area contributed by atoms with Crippen molar-refractivity contribution in [2.45, 2.75) is 51.6 Å². The van der Waals surface area contributed by atoms with Crippen LogP contribution in [0.3, 0.4) is 0 Å². The van der Waals surface area contributed by atoms with Crippen LogP contribution in [0, 0.1) is 24.6 Å². The Bertz CT molecular complexity index is 1220. The number of aromatic nitrogens is 2. The Kier molecular flexibility index (Phi) is 6.66. The molecule has 5 rings (SSSR count). The number of carboxylic acids is 1. The van der Waals surface area contributed by atoms with Crippen molar-refractivity contribution in [3.63, 3.8) is 0 Å². The number of ether oxygens (including phenoxy) is 2. The summed E-state index contributed by atoms with van der Waals surface area (Å²) in [5, 5.41) is 9.31. The van der Waals surface area contributed by atoms with Gasteiger partial charge < -0.3 is 14.6 Å². The number of rotatable bonds is 11. The van der Waals surface area contributed by atoms with Gasteiger partial charge in [0.1, 0.15) is 29.6 Å². The standard InChI is InChI=1S/C28H29FN2O4/c1-17-5-10-25(29)24(11-17)27-28(35-15-18-6-7-18)31-21(14-30-27)16-34-22-4-2-3-20(12-22)23(13-26(32)33)19-8-9-19/h2-5,10-12,14,18-19,23H,6-9,13,15-16H2,1H3,(H,32,33)/t23-/m0/s1. The van der Waals surface area contributed by atoms with Gasteiger partial charge in [-0.25, -0.2) is 14.4 Å². The number of carboxylic acid groups (broad SMARTS) is 1. The Morgan fingerprint density at radius 1 is 1.14 bits per heavy atom. The number of carbonyl (C=O) groups is 1. The van der Waals surface area contributed by atoms with Crippen molar-refractivity contribution in [3.05, 3.63) is 71.3 Å². The van der Waals surface area contributed by atoms with E-state index in [0.29, 0.717) is 47.0 Å². The SMILES string of the molecule is Cc1ccc(F)c(-c2ncc(COc3cccc([C@@H](CC(=O)O)C4CC4)c3)nc2OCC2CC2)c1. The van der Waals surface area contributed by atoms with Crippen molar-refractivity contribution in [1.82, 2.24) is 9.97 Å². The summed E-state index contributed by atoms with van der Waals surface area (Å²) in [6.45, 7) is 2.61. The van der Waals surface area contributed by atoms with E-state index in [9.17, 15) is 14.3 Å². The van der Waals surface area contributed by atoms with E-state index in [2.05, 4.69) is 9.97 Å². The lowest BCUT2D eigenvalue weighted by Crippen LogP contribution is -2.09. The maximum absolute atomic E-state index is 14.6. The molecule has 35 heavy (non-hydrogen) atoms. The fourth-order valence-corrected chi connectivity index (χ4v) is 4.30. The second-order valence-corrected chi connectivity index (χ2v) is 9.66. The average molecular weight is 477 g/mol. The largest absolute Gasteiger partial charge is 0.487 e. The highest BCUT2D eigenvalue weighted by atomic mass is 19.1. The lowest BCUT2D eigenvalue weighted by Gasteiger charge is -2.16. The summed E-state index contributed by atoms with van der Waals surface area (Å²) in [7, 11) is 0. The number of aryl methyl sites for hydroxylation is 1. The van der Waals surface area contributed by atoms with Crippen molar-refractivity contribution >= 4 is 5.97 Å². The molecule has 1 N–H and O–H groups in total. The molecule has 0 aliphatic heterocycles. The third-order valence-electron chi connectivity index (χ3n) is 6.58. The van der Waals surface area contributed by atoms with Crippen LogP contribution in [0.1, 0.15) is 54.8 Å². The first-order valence-electron chi connectivity index (χ1n) is 12.2. The summed E-state index contributed by atoms with van der Waals surface area (Å²) >= 11 is 0. The van der Waals surface area contributed by atoms with E-state index in [1.165, 1.54) is 6.07 Å². The Labute approximate surface area is 204 Å². The van der Waals surface area contributed by atoms with Gasteiger partial charge in [-0.3, -0.25) is 4.79 Å². The van der Waals surface area contributed by atoms with Crippen LogP contribution < -0.4 is 9.47 Å². The van der Waals surface area contributed by atoms with Gasteiger partial charge in [0.25, 0.3) is 0 Å². The van der Waals surface area contributed by atoms with Crippen LogP contribution in [0.2, 0.25) is 0 Å². The van der Waals surface area contributed by atoms with Crippen molar-refractivity contribution in [2.24, 2.45) is 11.8 Å². The van der Waals surface area contributed by atoms with E-state index in [1.54, 1.807) is 18.3 Å². The summed E-state index contributed by atoms with van der Waals surface area (Å²) in [5.41, 5.74) is 3.24. The van der Waals surface area contributed by atoms with Crippen LogP contribution in [-0.2, 0) is 11.4 Å². The van der Waals surface area contributed by atoms with Gasteiger partial charge in [-0.1, -0.05) is 23.8 Å². The Hall–Kier alpha value is -3.48. The van der Waals surface area contributed by atoms with E-state index >= 15 is 0 Å². The van der Waals surface area contributed by atoms with Gasteiger partial charge in [0.15, 0.2) is 0 Å². The molecule has 6 nitrogen and oxygen atoms in total. The minimum absolute atomic E-state index is 0.00165. The first-order valence-corrected chi connectivity index (χ1v) is 12.2. The minimum Gasteiger partial charge on any atom is -0.487 e. The lowest BCUT2D eigenvalue weighted by molar-refractivity contribution is -0.137. The molecule has 2 aliphatic rings. The molecule has 0 radical (unpaired) electrons. The third kappa shape index (κ3) is 5.96. The maximum atomic E-state index is 14.6. The first-order chi connectivity index (χ1) is 17.0. The lowest BCUT2D eigenvalue weighted by atomic mass is 9.91. The molecule has 2 saturated carbocycles. The number of nitrogens with zero attached hydrogens (tertiary/aromatic N) is 2. The smallest absolute Gasteiger partial charge is 0.303 e. The Morgan fingerprint density at radius 2 is 1.97 bits per heavy atom. The zero-order valence-electron chi connectivity index (χ0n) is 19.7. The molecule has 182 valence electrons. The molecule has 1 atom stereocenters. The number of hydrogen-bond acceptors (Lipinski definition) is 5. The molecule has 7 heteroatoms. The van der Waals surface area contributed by atoms with Gasteiger partial charge >= 0.3 is 5.97 Å². The fourth-order valence-electron chi connectivity index (χ4n) is 4.30. The highest BCUT2D eigenvalue weighted by Crippen LogP contribution is 2.45. The Morgan fingerprint density at radius 3 is 2.71 bits per heavy atom. The third-order valence-corrected chi connectivity index (χ3v) is 6.58. The fraction of sp³-hybridized carbons (Fsp3) is 0.393. The molecule has 0 spiro atoms. The van der Waals surface area contributed by atoms with Crippen LogP contribution in [0.4, 0.5) is 4.39 Å². The molecule has 0 unspecified atom stereocenters. The normalized spacial score (nSPS) is 16.1. The van der Waals surface area contributed by atoms with Crippen molar-refractivity contribution in [3.8, 4) is 22.9 Å². The van der Waals surface area contributed by atoms with Crippen LogP contribution in [0.15, 0.2) is 48.7 Å². The molecule has 3 aromatic rings. The van der Waals surface area contributed by atoms with Gasteiger partial charge in [0.05, 0.1) is 19.2 Å². The molecule has 0 saturated heterocycles.